The van der Waals surface area contributed by atoms with E-state index in [1.165, 1.54) is 6.08 Å². The quantitative estimate of drug-likeness (QED) is 0.103. The Morgan fingerprint density at radius 2 is 1.82 bits per heavy atom. The number of carbonyl (C=O) groups is 1. The van der Waals surface area contributed by atoms with Crippen molar-refractivity contribution in [1.82, 2.24) is 19.8 Å². The fraction of sp³-hybridized carbons (Fsp3) is 0.410. The van der Waals surface area contributed by atoms with Crippen LogP contribution in [0.5, 0.6) is 6.01 Å². The first-order valence-corrected chi connectivity index (χ1v) is 18.5. The van der Waals surface area contributed by atoms with Crippen molar-refractivity contribution >= 4 is 52.4 Å². The number of aromatic nitrogens is 2. The van der Waals surface area contributed by atoms with E-state index in [2.05, 4.69) is 64.2 Å². The predicted octanol–water partition coefficient (Wildman–Crippen LogP) is 6.42. The molecule has 262 valence electrons. The van der Waals surface area contributed by atoms with Crippen LogP contribution in [0.1, 0.15) is 36.1 Å². The molecular formula is C39H45ClN6O3S. The first kappa shape index (κ1) is 34.6. The zero-order valence-corrected chi connectivity index (χ0v) is 30.1. The van der Waals surface area contributed by atoms with Crippen molar-refractivity contribution in [2.45, 2.75) is 49.8 Å². The van der Waals surface area contributed by atoms with E-state index in [0.29, 0.717) is 64.6 Å². The van der Waals surface area contributed by atoms with E-state index in [0.717, 1.165) is 94.3 Å². The molecule has 9 nitrogen and oxygen atoms in total. The number of halogens is 1. The standard InChI is InChI=1S/C39H45ClN6O3S/c1-2-36(47)44-19-21-45(22-20-44)38-32-15-18-46(35-14-5-10-29-9-4-13-33(40)37(29)35)25-34(32)41-39(42-38)49-27-30-11-6-16-43(30)17-7-23-48-26-28-8-3-12-31(50)24-28/h2-5,8-10,12-14,24,30,50H,1,6-7,11,15-23,25-27H2. The summed E-state index contributed by atoms with van der Waals surface area (Å²) in [5.74, 6) is 0.897. The minimum atomic E-state index is -0.0289. The van der Waals surface area contributed by atoms with Crippen LogP contribution in [0.3, 0.4) is 0 Å². The second-order valence-corrected chi connectivity index (χ2v) is 14.2. The van der Waals surface area contributed by atoms with E-state index in [4.69, 9.17) is 31.0 Å². The highest BCUT2D eigenvalue weighted by atomic mass is 35.5. The Bertz CT molecular complexity index is 1830. The number of piperazine rings is 1. The Balaban J connectivity index is 1.05. The van der Waals surface area contributed by atoms with Crippen molar-refractivity contribution in [3.05, 3.63) is 95.2 Å². The highest BCUT2D eigenvalue weighted by Crippen LogP contribution is 2.37. The molecule has 1 amide bonds. The van der Waals surface area contributed by atoms with E-state index >= 15 is 0 Å². The Hall–Kier alpha value is -3.83. The van der Waals surface area contributed by atoms with Crippen LogP contribution in [-0.2, 0) is 29.1 Å². The van der Waals surface area contributed by atoms with E-state index < -0.39 is 0 Å². The second-order valence-electron chi connectivity index (χ2n) is 13.3. The number of nitrogens with zero attached hydrogens (tertiary/aromatic N) is 6. The minimum Gasteiger partial charge on any atom is -0.462 e. The summed E-state index contributed by atoms with van der Waals surface area (Å²) in [5, 5.41) is 2.93. The van der Waals surface area contributed by atoms with E-state index in [1.807, 2.05) is 35.2 Å². The summed E-state index contributed by atoms with van der Waals surface area (Å²) in [4.78, 5) is 32.4. The lowest BCUT2D eigenvalue weighted by Crippen LogP contribution is -2.49. The summed E-state index contributed by atoms with van der Waals surface area (Å²) in [5.41, 5.74) is 4.39. The third kappa shape index (κ3) is 7.89. The van der Waals surface area contributed by atoms with Gasteiger partial charge in [0.15, 0.2) is 0 Å². The van der Waals surface area contributed by atoms with Crippen LogP contribution in [-0.4, -0.2) is 90.7 Å². The Labute approximate surface area is 305 Å². The van der Waals surface area contributed by atoms with Crippen LogP contribution in [0.15, 0.2) is 78.2 Å². The molecule has 1 aromatic heterocycles. The number of thiol groups is 1. The van der Waals surface area contributed by atoms with Gasteiger partial charge < -0.3 is 24.2 Å². The molecule has 1 atom stereocenters. The van der Waals surface area contributed by atoms with Crippen LogP contribution >= 0.6 is 24.2 Å². The van der Waals surface area contributed by atoms with Gasteiger partial charge >= 0.3 is 6.01 Å². The number of fused-ring (bicyclic) bond motifs is 2. The third-order valence-corrected chi connectivity index (χ3v) is 10.7. The number of amides is 1. The van der Waals surface area contributed by atoms with Crippen LogP contribution in [0.25, 0.3) is 10.8 Å². The summed E-state index contributed by atoms with van der Waals surface area (Å²) in [7, 11) is 0. The van der Waals surface area contributed by atoms with Gasteiger partial charge in [0, 0.05) is 73.4 Å². The van der Waals surface area contributed by atoms with Crippen LogP contribution in [0.4, 0.5) is 11.5 Å². The molecule has 0 N–H and O–H groups in total. The van der Waals surface area contributed by atoms with Gasteiger partial charge in [0.1, 0.15) is 12.4 Å². The smallest absolute Gasteiger partial charge is 0.318 e. The highest BCUT2D eigenvalue weighted by Gasteiger charge is 2.30. The van der Waals surface area contributed by atoms with Crippen molar-refractivity contribution in [3.8, 4) is 6.01 Å². The summed E-state index contributed by atoms with van der Waals surface area (Å²) in [6.45, 7) is 11.7. The van der Waals surface area contributed by atoms with Crippen molar-refractivity contribution < 1.29 is 14.3 Å². The fourth-order valence-corrected chi connectivity index (χ4v) is 8.01. The lowest BCUT2D eigenvalue weighted by Gasteiger charge is -2.38. The molecule has 2 fully saturated rings. The molecule has 4 aromatic rings. The molecule has 3 aromatic carbocycles. The van der Waals surface area contributed by atoms with Crippen LogP contribution in [0.2, 0.25) is 5.02 Å². The van der Waals surface area contributed by atoms with Gasteiger partial charge in [-0.15, -0.1) is 12.6 Å². The van der Waals surface area contributed by atoms with Gasteiger partial charge in [-0.3, -0.25) is 9.69 Å². The fourth-order valence-electron chi connectivity index (χ4n) is 7.48. The molecule has 3 aliphatic heterocycles. The predicted molar refractivity (Wildman–Crippen MR) is 203 cm³/mol. The van der Waals surface area contributed by atoms with E-state index in [1.54, 1.807) is 0 Å². The zero-order chi connectivity index (χ0) is 34.5. The molecule has 1 unspecified atom stereocenters. The third-order valence-electron chi connectivity index (χ3n) is 10.1. The Kier molecular flexibility index (Phi) is 11.1. The summed E-state index contributed by atoms with van der Waals surface area (Å²) in [6, 6.07) is 21.2. The average molecular weight is 713 g/mol. The summed E-state index contributed by atoms with van der Waals surface area (Å²) >= 11 is 11.2. The molecule has 0 radical (unpaired) electrons. The Morgan fingerprint density at radius 3 is 2.64 bits per heavy atom. The van der Waals surface area contributed by atoms with Crippen LogP contribution in [0, 0.1) is 0 Å². The molecule has 50 heavy (non-hydrogen) atoms. The average Bonchev–Trinajstić information content (AvgIpc) is 3.60. The number of anilines is 2. The van der Waals surface area contributed by atoms with Gasteiger partial charge in [-0.25, -0.2) is 0 Å². The van der Waals surface area contributed by atoms with Gasteiger partial charge in [0.05, 0.1) is 23.9 Å². The molecule has 3 aliphatic rings. The number of carbonyl (C=O) groups excluding carboxylic acids is 1. The summed E-state index contributed by atoms with van der Waals surface area (Å²) in [6.07, 6.45) is 5.39. The lowest BCUT2D eigenvalue weighted by atomic mass is 10.0. The second kappa shape index (κ2) is 16.0. The minimum absolute atomic E-state index is 0.0289. The van der Waals surface area contributed by atoms with Gasteiger partial charge in [-0.2, -0.15) is 9.97 Å². The van der Waals surface area contributed by atoms with Gasteiger partial charge in [-0.1, -0.05) is 54.6 Å². The van der Waals surface area contributed by atoms with Gasteiger partial charge in [-0.05, 0) is 73.5 Å². The monoisotopic (exact) mass is 712 g/mol. The Morgan fingerprint density at radius 1 is 1.00 bits per heavy atom. The van der Waals surface area contributed by atoms with Gasteiger partial charge in [0.2, 0.25) is 5.91 Å². The van der Waals surface area contributed by atoms with Crippen molar-refractivity contribution in [2.24, 2.45) is 0 Å². The SMILES string of the molecule is C=CC(=O)N1CCN(c2nc(OCC3CCCN3CCCOCc3cccc(S)c3)nc3c2CCN(c2cccc4cccc(Cl)c24)C3)CC1. The summed E-state index contributed by atoms with van der Waals surface area (Å²) < 4.78 is 12.4. The molecule has 0 spiro atoms. The maximum absolute atomic E-state index is 12.3. The molecule has 0 aliphatic carbocycles. The molecule has 2 saturated heterocycles. The topological polar surface area (TPSA) is 74.3 Å². The zero-order valence-electron chi connectivity index (χ0n) is 28.5. The number of rotatable bonds is 12. The molecule has 0 bridgehead atoms. The maximum atomic E-state index is 12.3. The highest BCUT2D eigenvalue weighted by molar-refractivity contribution is 7.80. The largest absolute Gasteiger partial charge is 0.462 e. The van der Waals surface area contributed by atoms with Crippen molar-refractivity contribution in [3.63, 3.8) is 0 Å². The molecule has 0 saturated carbocycles. The van der Waals surface area contributed by atoms with Crippen molar-refractivity contribution in [1.29, 1.82) is 0 Å². The van der Waals surface area contributed by atoms with Crippen LogP contribution < -0.4 is 14.5 Å². The lowest BCUT2D eigenvalue weighted by molar-refractivity contribution is -0.126. The van der Waals surface area contributed by atoms with E-state index in [9.17, 15) is 4.79 Å². The number of hydrogen-bond acceptors (Lipinski definition) is 9. The molecule has 4 heterocycles. The van der Waals surface area contributed by atoms with Gasteiger partial charge in [0.25, 0.3) is 0 Å². The number of benzene rings is 3. The first-order valence-electron chi connectivity index (χ1n) is 17.7. The number of likely N-dealkylation sites (tertiary alicyclic amines) is 1. The number of ether oxygens (including phenoxy) is 2. The number of hydrogen-bond donors (Lipinski definition) is 1. The maximum Gasteiger partial charge on any atom is 0.318 e. The first-order chi connectivity index (χ1) is 24.5. The molecule has 11 heteroatoms. The molecule has 7 rings (SSSR count). The van der Waals surface area contributed by atoms with E-state index in [-0.39, 0.29) is 5.91 Å². The van der Waals surface area contributed by atoms with Crippen molar-refractivity contribution in [2.75, 3.05) is 68.8 Å². The molecular weight excluding hydrogens is 668 g/mol. The normalized spacial score (nSPS) is 18.0.